The van der Waals surface area contributed by atoms with E-state index in [4.69, 9.17) is 12.2 Å². The number of urea groups is 1. The zero-order valence-corrected chi connectivity index (χ0v) is 17.2. The number of nitrogens with zero attached hydrogens (tertiary/aromatic N) is 1. The Morgan fingerprint density at radius 3 is 2.31 bits per heavy atom. The van der Waals surface area contributed by atoms with Gasteiger partial charge in [0.15, 0.2) is 3.95 Å². The first-order valence-corrected chi connectivity index (χ1v) is 10.3. The van der Waals surface area contributed by atoms with Crippen molar-refractivity contribution in [2.45, 2.75) is 18.9 Å². The Balaban J connectivity index is 1.60. The van der Waals surface area contributed by atoms with Gasteiger partial charge in [0.1, 0.15) is 6.04 Å². The summed E-state index contributed by atoms with van der Waals surface area (Å²) in [6.45, 7) is 0.484. The summed E-state index contributed by atoms with van der Waals surface area (Å²) in [6.07, 6.45) is 1.09. The maximum absolute atomic E-state index is 12.7. The molecule has 4 N–H and O–H groups in total. The maximum Gasteiger partial charge on any atom is 0.321 e. The topological polar surface area (TPSA) is 98.9 Å². The van der Waals surface area contributed by atoms with Gasteiger partial charge >= 0.3 is 6.03 Å². The third kappa shape index (κ3) is 6.81. The Morgan fingerprint density at radius 2 is 1.69 bits per heavy atom. The van der Waals surface area contributed by atoms with E-state index in [-0.39, 0.29) is 5.91 Å². The van der Waals surface area contributed by atoms with Crippen molar-refractivity contribution in [2.75, 3.05) is 11.9 Å². The molecule has 9 heteroatoms. The molecule has 0 fully saturated rings. The van der Waals surface area contributed by atoms with Crippen LogP contribution in [-0.2, 0) is 17.6 Å². The second-order valence-corrected chi connectivity index (χ2v) is 7.95. The Morgan fingerprint density at radius 1 is 1.03 bits per heavy atom. The number of carbonyl (C=O) groups is 2. The predicted octanol–water partition coefficient (Wildman–Crippen LogP) is 3.29. The lowest BCUT2D eigenvalue weighted by Gasteiger charge is -2.18. The van der Waals surface area contributed by atoms with Crippen LogP contribution in [0.1, 0.15) is 11.1 Å². The molecule has 2 aromatic carbocycles. The maximum atomic E-state index is 12.7. The molecule has 3 rings (SSSR count). The molecule has 0 aliphatic carbocycles. The van der Waals surface area contributed by atoms with Gasteiger partial charge in [-0.1, -0.05) is 72.0 Å². The molecular weight excluding hydrogens is 406 g/mol. The van der Waals surface area contributed by atoms with Gasteiger partial charge in [-0.3, -0.25) is 15.2 Å². The number of hydrogen-bond acceptors (Lipinski definition) is 5. The summed E-state index contributed by atoms with van der Waals surface area (Å²) in [5.41, 5.74) is 2.09. The van der Waals surface area contributed by atoms with Crippen molar-refractivity contribution in [3.63, 3.8) is 0 Å². The Hall–Kier alpha value is -3.04. The van der Waals surface area contributed by atoms with Crippen LogP contribution in [0.15, 0.2) is 60.7 Å². The van der Waals surface area contributed by atoms with Crippen LogP contribution in [0.25, 0.3) is 0 Å². The minimum Gasteiger partial charge on any atom is -0.354 e. The van der Waals surface area contributed by atoms with E-state index in [2.05, 4.69) is 26.1 Å². The first-order chi connectivity index (χ1) is 14.1. The predicted molar refractivity (Wildman–Crippen MR) is 117 cm³/mol. The molecule has 0 aliphatic heterocycles. The molecule has 150 valence electrons. The van der Waals surface area contributed by atoms with Crippen LogP contribution in [0.5, 0.6) is 0 Å². The van der Waals surface area contributed by atoms with Gasteiger partial charge in [-0.15, -0.1) is 5.10 Å². The van der Waals surface area contributed by atoms with Crippen molar-refractivity contribution < 1.29 is 9.59 Å². The van der Waals surface area contributed by atoms with Gasteiger partial charge in [0.05, 0.1) is 0 Å². The molecule has 7 nitrogen and oxygen atoms in total. The summed E-state index contributed by atoms with van der Waals surface area (Å²) in [7, 11) is 0. The molecule has 29 heavy (non-hydrogen) atoms. The monoisotopic (exact) mass is 427 g/mol. The Bertz CT molecular complexity index is 989. The molecule has 0 bridgehead atoms. The van der Waals surface area contributed by atoms with E-state index in [9.17, 15) is 9.59 Å². The first-order valence-electron chi connectivity index (χ1n) is 9.09. The van der Waals surface area contributed by atoms with Crippen molar-refractivity contribution in [3.8, 4) is 0 Å². The highest BCUT2D eigenvalue weighted by atomic mass is 32.1. The Labute approximate surface area is 177 Å². The second-order valence-electron chi connectivity index (χ2n) is 6.29. The summed E-state index contributed by atoms with van der Waals surface area (Å²) in [4.78, 5) is 25.1. The molecule has 1 heterocycles. The van der Waals surface area contributed by atoms with Crippen molar-refractivity contribution in [3.05, 3.63) is 75.7 Å². The van der Waals surface area contributed by atoms with E-state index >= 15 is 0 Å². The zero-order valence-electron chi connectivity index (χ0n) is 15.6. The van der Waals surface area contributed by atoms with Gasteiger partial charge in [0.25, 0.3) is 0 Å². The number of aromatic nitrogens is 2. The first kappa shape index (κ1) is 20.7. The van der Waals surface area contributed by atoms with Crippen LogP contribution < -0.4 is 16.0 Å². The fourth-order valence-corrected chi connectivity index (χ4v) is 3.52. The largest absolute Gasteiger partial charge is 0.354 e. The fourth-order valence-electron chi connectivity index (χ4n) is 2.73. The van der Waals surface area contributed by atoms with E-state index in [1.807, 2.05) is 60.7 Å². The van der Waals surface area contributed by atoms with Crippen LogP contribution >= 0.6 is 23.6 Å². The van der Waals surface area contributed by atoms with Gasteiger partial charge in [-0.2, -0.15) is 0 Å². The minimum atomic E-state index is -0.722. The van der Waals surface area contributed by atoms with Gasteiger partial charge < -0.3 is 10.6 Å². The standard InChI is InChI=1S/C20H21N5O2S2/c26-17(21-12-11-14-7-3-1-4-8-14)16(13-15-9-5-2-6-10-15)22-18(27)23-19-24-25-20(28)29-19/h1-10,16H,11-13H2,(H,21,26)(H,25,28)(H2,22,23,24,27)/t16-/m0/s1. The van der Waals surface area contributed by atoms with Gasteiger partial charge in [-0.05, 0) is 29.8 Å². The fraction of sp³-hybridized carbons (Fsp3) is 0.200. The zero-order chi connectivity index (χ0) is 20.5. The molecule has 0 saturated carbocycles. The van der Waals surface area contributed by atoms with E-state index in [1.54, 1.807) is 0 Å². The van der Waals surface area contributed by atoms with Crippen LogP contribution in [0.4, 0.5) is 9.93 Å². The lowest BCUT2D eigenvalue weighted by atomic mass is 10.1. The smallest absolute Gasteiger partial charge is 0.321 e. The molecule has 0 aliphatic rings. The highest BCUT2D eigenvalue weighted by Crippen LogP contribution is 2.11. The van der Waals surface area contributed by atoms with Crippen LogP contribution in [0.3, 0.4) is 0 Å². The van der Waals surface area contributed by atoms with Crippen molar-refractivity contribution in [1.29, 1.82) is 0 Å². The molecular formula is C20H21N5O2S2. The van der Waals surface area contributed by atoms with E-state index < -0.39 is 12.1 Å². The molecule has 3 amide bonds. The average Bonchev–Trinajstić information content (AvgIpc) is 3.13. The molecule has 3 aromatic rings. The highest BCUT2D eigenvalue weighted by Gasteiger charge is 2.21. The van der Waals surface area contributed by atoms with E-state index in [1.165, 1.54) is 0 Å². The van der Waals surface area contributed by atoms with E-state index in [0.717, 1.165) is 22.5 Å². The number of anilines is 1. The third-order valence-electron chi connectivity index (χ3n) is 4.12. The highest BCUT2D eigenvalue weighted by molar-refractivity contribution is 7.73. The molecule has 0 spiro atoms. The number of carbonyl (C=O) groups excluding carboxylic acids is 2. The lowest BCUT2D eigenvalue weighted by molar-refractivity contribution is -0.122. The summed E-state index contributed by atoms with van der Waals surface area (Å²) in [5.74, 6) is -0.241. The van der Waals surface area contributed by atoms with Gasteiger partial charge in [0, 0.05) is 13.0 Å². The number of rotatable bonds is 8. The quantitative estimate of drug-likeness (QED) is 0.415. The molecule has 1 atom stereocenters. The molecule has 0 saturated heterocycles. The van der Waals surface area contributed by atoms with Crippen LogP contribution in [0.2, 0.25) is 0 Å². The number of hydrogen-bond donors (Lipinski definition) is 4. The number of nitrogens with one attached hydrogen (secondary N) is 4. The van der Waals surface area contributed by atoms with Crippen molar-refractivity contribution in [1.82, 2.24) is 20.8 Å². The number of H-pyrrole nitrogens is 1. The summed E-state index contributed by atoms with van der Waals surface area (Å²) in [5, 5.41) is 15.1. The number of aromatic amines is 1. The molecule has 1 aromatic heterocycles. The minimum absolute atomic E-state index is 0.241. The van der Waals surface area contributed by atoms with Crippen LogP contribution in [-0.4, -0.2) is 34.7 Å². The summed E-state index contributed by atoms with van der Waals surface area (Å²) < 4.78 is 0.458. The molecule has 0 radical (unpaired) electrons. The summed E-state index contributed by atoms with van der Waals surface area (Å²) in [6, 6.07) is 18.2. The van der Waals surface area contributed by atoms with Crippen molar-refractivity contribution in [2.24, 2.45) is 0 Å². The van der Waals surface area contributed by atoms with Crippen molar-refractivity contribution >= 4 is 40.6 Å². The lowest BCUT2D eigenvalue weighted by Crippen LogP contribution is -2.49. The van der Waals surface area contributed by atoms with E-state index in [0.29, 0.717) is 28.5 Å². The SMILES string of the molecule is O=C(Nc1n[nH]c(=S)s1)N[C@@H](Cc1ccccc1)C(=O)NCCc1ccccc1. The molecule has 0 unspecified atom stereocenters. The second kappa shape index (κ2) is 10.5. The van der Waals surface area contributed by atoms with Crippen LogP contribution in [0, 0.1) is 3.95 Å². The van der Waals surface area contributed by atoms with Gasteiger partial charge in [-0.25, -0.2) is 4.79 Å². The average molecular weight is 428 g/mol. The normalized spacial score (nSPS) is 11.4. The Kier molecular flexibility index (Phi) is 7.48. The third-order valence-corrected chi connectivity index (χ3v) is 5.12. The summed E-state index contributed by atoms with van der Waals surface area (Å²) >= 11 is 6.10. The number of amides is 3. The number of benzene rings is 2. The van der Waals surface area contributed by atoms with Gasteiger partial charge in [0.2, 0.25) is 11.0 Å².